The van der Waals surface area contributed by atoms with E-state index in [2.05, 4.69) is 27.7 Å². The van der Waals surface area contributed by atoms with Crippen molar-refractivity contribution in [3.8, 4) is 0 Å². The lowest BCUT2D eigenvalue weighted by Gasteiger charge is -2.15. The number of aromatic nitrogens is 2. The lowest BCUT2D eigenvalue weighted by molar-refractivity contribution is 0.532. The lowest BCUT2D eigenvalue weighted by Crippen LogP contribution is -2.20. The third kappa shape index (κ3) is 2.56. The number of hydrogen-bond donors (Lipinski definition) is 1. The van der Waals surface area contributed by atoms with Gasteiger partial charge < -0.3 is 5.73 Å². The van der Waals surface area contributed by atoms with Crippen molar-refractivity contribution in [3.05, 3.63) is 50.8 Å². The summed E-state index contributed by atoms with van der Waals surface area (Å²) in [5, 5.41) is 5.00. The zero-order chi connectivity index (χ0) is 11.5. The normalized spacial score (nSPS) is 12.7. The quantitative estimate of drug-likeness (QED) is 0.868. The number of halogens is 2. The van der Waals surface area contributed by atoms with Gasteiger partial charge in [0.15, 0.2) is 0 Å². The molecule has 0 bridgehead atoms. The molecule has 5 heteroatoms. The SMILES string of the molecule is NCC(c1cccc(Cl)c1)n1cc(I)cn1. The Balaban J connectivity index is 2.36. The zero-order valence-electron chi connectivity index (χ0n) is 8.48. The first-order valence-corrected chi connectivity index (χ1v) is 6.31. The van der Waals surface area contributed by atoms with Crippen LogP contribution >= 0.6 is 34.2 Å². The van der Waals surface area contributed by atoms with Crippen LogP contribution in [0.1, 0.15) is 11.6 Å². The first-order valence-electron chi connectivity index (χ1n) is 4.86. The van der Waals surface area contributed by atoms with Crippen LogP contribution in [0.25, 0.3) is 0 Å². The van der Waals surface area contributed by atoms with Gasteiger partial charge in [0.2, 0.25) is 0 Å². The molecule has 1 aromatic heterocycles. The topological polar surface area (TPSA) is 43.8 Å². The summed E-state index contributed by atoms with van der Waals surface area (Å²) in [5.41, 5.74) is 6.87. The molecule has 16 heavy (non-hydrogen) atoms. The van der Waals surface area contributed by atoms with E-state index in [-0.39, 0.29) is 6.04 Å². The minimum absolute atomic E-state index is 0.0437. The standard InChI is InChI=1S/C11H11ClIN3/c12-9-3-1-2-8(4-9)11(5-14)16-7-10(13)6-15-16/h1-4,6-7,11H,5,14H2. The van der Waals surface area contributed by atoms with Crippen molar-refractivity contribution in [3.63, 3.8) is 0 Å². The lowest BCUT2D eigenvalue weighted by atomic mass is 10.1. The molecule has 0 radical (unpaired) electrons. The molecule has 1 aromatic carbocycles. The minimum Gasteiger partial charge on any atom is -0.328 e. The molecule has 1 heterocycles. The van der Waals surface area contributed by atoms with Gasteiger partial charge in [-0.15, -0.1) is 0 Å². The second-order valence-electron chi connectivity index (χ2n) is 3.45. The molecular formula is C11H11ClIN3. The maximum absolute atomic E-state index is 5.97. The van der Waals surface area contributed by atoms with Crippen LogP contribution in [0.2, 0.25) is 5.02 Å². The molecule has 3 nitrogen and oxygen atoms in total. The Bertz CT molecular complexity index is 484. The van der Waals surface area contributed by atoms with Crippen molar-refractivity contribution < 1.29 is 0 Å². The molecule has 0 amide bonds. The average molecular weight is 348 g/mol. The van der Waals surface area contributed by atoms with Gasteiger partial charge in [-0.1, -0.05) is 23.7 Å². The Morgan fingerprint density at radius 2 is 2.31 bits per heavy atom. The highest BCUT2D eigenvalue weighted by Crippen LogP contribution is 2.20. The average Bonchev–Trinajstić information content (AvgIpc) is 2.66. The fourth-order valence-electron chi connectivity index (χ4n) is 1.60. The fourth-order valence-corrected chi connectivity index (χ4v) is 2.20. The van der Waals surface area contributed by atoms with Gasteiger partial charge in [0.1, 0.15) is 0 Å². The van der Waals surface area contributed by atoms with Crippen molar-refractivity contribution in [2.45, 2.75) is 6.04 Å². The number of benzene rings is 1. The molecule has 1 atom stereocenters. The van der Waals surface area contributed by atoms with Crippen LogP contribution in [0.4, 0.5) is 0 Å². The Labute approximate surface area is 113 Å². The maximum Gasteiger partial charge on any atom is 0.0891 e. The molecule has 2 aromatic rings. The molecule has 1 unspecified atom stereocenters. The Hall–Kier alpha value is -0.590. The van der Waals surface area contributed by atoms with Crippen molar-refractivity contribution in [1.29, 1.82) is 0 Å². The van der Waals surface area contributed by atoms with Crippen LogP contribution in [-0.4, -0.2) is 16.3 Å². The minimum atomic E-state index is 0.0437. The molecule has 0 saturated carbocycles. The van der Waals surface area contributed by atoms with Crippen LogP contribution in [0.5, 0.6) is 0 Å². The van der Waals surface area contributed by atoms with Gasteiger partial charge in [-0.2, -0.15) is 5.10 Å². The molecule has 2 rings (SSSR count). The first kappa shape index (κ1) is 11.9. The molecule has 0 aliphatic rings. The van der Waals surface area contributed by atoms with Gasteiger partial charge >= 0.3 is 0 Å². The predicted octanol–water partition coefficient (Wildman–Crippen LogP) is 2.69. The smallest absolute Gasteiger partial charge is 0.0891 e. The molecule has 0 saturated heterocycles. The van der Waals surface area contributed by atoms with Gasteiger partial charge in [0.05, 0.1) is 15.8 Å². The number of nitrogens with zero attached hydrogens (tertiary/aromatic N) is 2. The molecule has 0 aliphatic heterocycles. The van der Waals surface area contributed by atoms with E-state index in [0.717, 1.165) is 14.2 Å². The highest BCUT2D eigenvalue weighted by Gasteiger charge is 2.12. The van der Waals surface area contributed by atoms with Crippen molar-refractivity contribution in [2.24, 2.45) is 5.73 Å². The Morgan fingerprint density at radius 1 is 1.50 bits per heavy atom. The summed E-state index contributed by atoms with van der Waals surface area (Å²) < 4.78 is 2.96. The summed E-state index contributed by atoms with van der Waals surface area (Å²) in [6.07, 6.45) is 3.78. The second-order valence-corrected chi connectivity index (χ2v) is 5.13. The Morgan fingerprint density at radius 3 is 2.88 bits per heavy atom. The summed E-state index contributed by atoms with van der Waals surface area (Å²) in [6.45, 7) is 0.498. The summed E-state index contributed by atoms with van der Waals surface area (Å²) in [5.74, 6) is 0. The fraction of sp³-hybridized carbons (Fsp3) is 0.182. The molecule has 0 aliphatic carbocycles. The van der Waals surface area contributed by atoms with Crippen molar-refractivity contribution >= 4 is 34.2 Å². The predicted molar refractivity (Wildman–Crippen MR) is 73.6 cm³/mol. The summed E-state index contributed by atoms with van der Waals surface area (Å²) in [7, 11) is 0. The highest BCUT2D eigenvalue weighted by molar-refractivity contribution is 14.1. The largest absolute Gasteiger partial charge is 0.328 e. The molecule has 0 spiro atoms. The van der Waals surface area contributed by atoms with Gasteiger partial charge in [0.25, 0.3) is 0 Å². The van der Waals surface area contributed by atoms with E-state index in [1.54, 1.807) is 0 Å². The van der Waals surface area contributed by atoms with Crippen LogP contribution in [0, 0.1) is 3.57 Å². The van der Waals surface area contributed by atoms with Crippen LogP contribution in [0.3, 0.4) is 0 Å². The summed E-state index contributed by atoms with van der Waals surface area (Å²) >= 11 is 8.19. The zero-order valence-corrected chi connectivity index (χ0v) is 11.4. The van der Waals surface area contributed by atoms with E-state index in [1.165, 1.54) is 0 Å². The molecule has 84 valence electrons. The van der Waals surface area contributed by atoms with E-state index in [4.69, 9.17) is 17.3 Å². The van der Waals surface area contributed by atoms with Crippen LogP contribution in [-0.2, 0) is 0 Å². The molecular weight excluding hydrogens is 336 g/mol. The van der Waals surface area contributed by atoms with E-state index in [0.29, 0.717) is 6.54 Å². The van der Waals surface area contributed by atoms with Gasteiger partial charge in [0, 0.05) is 17.8 Å². The second kappa shape index (κ2) is 5.16. The van der Waals surface area contributed by atoms with Crippen molar-refractivity contribution in [1.82, 2.24) is 9.78 Å². The molecule has 0 fully saturated rings. The number of nitrogens with two attached hydrogens (primary N) is 1. The van der Waals surface area contributed by atoms with E-state index in [1.807, 2.05) is 41.3 Å². The number of rotatable bonds is 3. The summed E-state index contributed by atoms with van der Waals surface area (Å²) in [6, 6.07) is 7.76. The van der Waals surface area contributed by atoms with Crippen LogP contribution in [0.15, 0.2) is 36.7 Å². The van der Waals surface area contributed by atoms with E-state index in [9.17, 15) is 0 Å². The first-order chi connectivity index (χ1) is 7.70. The third-order valence-corrected chi connectivity index (χ3v) is 3.14. The van der Waals surface area contributed by atoms with E-state index < -0.39 is 0 Å². The van der Waals surface area contributed by atoms with Crippen molar-refractivity contribution in [2.75, 3.05) is 6.54 Å². The monoisotopic (exact) mass is 347 g/mol. The highest BCUT2D eigenvalue weighted by atomic mass is 127. The van der Waals surface area contributed by atoms with Crippen LogP contribution < -0.4 is 5.73 Å². The Kier molecular flexibility index (Phi) is 3.83. The van der Waals surface area contributed by atoms with Gasteiger partial charge in [-0.3, -0.25) is 4.68 Å². The van der Waals surface area contributed by atoms with E-state index >= 15 is 0 Å². The third-order valence-electron chi connectivity index (χ3n) is 2.35. The molecule has 2 N–H and O–H groups in total. The van der Waals surface area contributed by atoms with Gasteiger partial charge in [-0.25, -0.2) is 0 Å². The summed E-state index contributed by atoms with van der Waals surface area (Å²) in [4.78, 5) is 0. The number of hydrogen-bond acceptors (Lipinski definition) is 2. The van der Waals surface area contributed by atoms with Gasteiger partial charge in [-0.05, 0) is 40.3 Å². The maximum atomic E-state index is 5.97.